The van der Waals surface area contributed by atoms with Crippen molar-refractivity contribution in [2.75, 3.05) is 0 Å². The molecule has 4 aromatic rings. The number of nitriles is 1. The molecule has 6 heteroatoms. The Hall–Kier alpha value is -3.72. The van der Waals surface area contributed by atoms with E-state index < -0.39 is 34.6 Å². The van der Waals surface area contributed by atoms with Crippen LogP contribution < -0.4 is 0 Å². The van der Waals surface area contributed by atoms with Crippen LogP contribution in [0, 0.1) is 40.4 Å². The molecule has 0 heterocycles. The van der Waals surface area contributed by atoms with Gasteiger partial charge in [-0.1, -0.05) is 56.5 Å². The molecule has 39 heavy (non-hydrogen) atoms. The molecule has 0 atom stereocenters. The molecule has 0 fully saturated rings. The van der Waals surface area contributed by atoms with Crippen molar-refractivity contribution in [2.24, 2.45) is 0 Å². The highest BCUT2D eigenvalue weighted by atomic mass is 19.1. The minimum Gasteiger partial charge on any atom is -0.207 e. The van der Waals surface area contributed by atoms with Crippen molar-refractivity contribution in [3.8, 4) is 6.07 Å². The van der Waals surface area contributed by atoms with E-state index >= 15 is 4.39 Å². The molecular formula is C33H30F5N. The topological polar surface area (TPSA) is 23.8 Å². The predicted octanol–water partition coefficient (Wildman–Crippen LogP) is 9.10. The molecule has 1 nitrogen and oxygen atoms in total. The van der Waals surface area contributed by atoms with Crippen molar-refractivity contribution in [1.29, 1.82) is 5.26 Å². The quantitative estimate of drug-likeness (QED) is 0.139. The highest BCUT2D eigenvalue weighted by molar-refractivity contribution is 5.84. The van der Waals surface area contributed by atoms with Crippen LogP contribution >= 0.6 is 0 Å². The number of aryl methyl sites for hydroxylation is 4. The largest absolute Gasteiger partial charge is 0.207 e. The van der Waals surface area contributed by atoms with Crippen LogP contribution in [0.5, 0.6) is 0 Å². The Labute approximate surface area is 225 Å². The summed E-state index contributed by atoms with van der Waals surface area (Å²) in [5.41, 5.74) is 1.68. The van der Waals surface area contributed by atoms with Gasteiger partial charge in [-0.25, -0.2) is 22.0 Å². The fraction of sp³-hybridized carbons (Fsp3) is 0.303. The summed E-state index contributed by atoms with van der Waals surface area (Å²) in [7, 11) is 0. The lowest BCUT2D eigenvalue weighted by molar-refractivity contribution is 0.549. The molecule has 4 rings (SSSR count). The second-order valence-electron chi connectivity index (χ2n) is 9.99. The monoisotopic (exact) mass is 535 g/mol. The van der Waals surface area contributed by atoms with Crippen LogP contribution in [0.25, 0.3) is 10.8 Å². The standard InChI is InChI=1S/C33H30F5N/c1-2-3-4-5-6-22-16-29(34)27(30(35)17-22)14-9-21-8-13-26-25(15-21)12-11-24(33(26)38)10-7-23-18-31(36)28(20-39)32(37)19-23/h8,11-13,15-19H,2-7,9-10,14H2,1H3. The second kappa shape index (κ2) is 12.9. The smallest absolute Gasteiger partial charge is 0.144 e. The van der Waals surface area contributed by atoms with Gasteiger partial charge in [0, 0.05) is 10.9 Å². The first-order valence-corrected chi connectivity index (χ1v) is 13.4. The van der Waals surface area contributed by atoms with E-state index in [1.807, 2.05) is 6.07 Å². The van der Waals surface area contributed by atoms with Gasteiger partial charge in [0.1, 0.15) is 40.7 Å². The predicted molar refractivity (Wildman–Crippen MR) is 144 cm³/mol. The molecule has 0 saturated carbocycles. The van der Waals surface area contributed by atoms with Crippen molar-refractivity contribution in [2.45, 2.75) is 64.7 Å². The molecule has 0 amide bonds. The maximum Gasteiger partial charge on any atom is 0.144 e. The van der Waals surface area contributed by atoms with Crippen molar-refractivity contribution >= 4 is 10.8 Å². The molecule has 202 valence electrons. The van der Waals surface area contributed by atoms with Crippen LogP contribution in [0.2, 0.25) is 0 Å². The average molecular weight is 536 g/mol. The molecule has 0 aliphatic heterocycles. The second-order valence-corrected chi connectivity index (χ2v) is 9.99. The number of rotatable bonds is 11. The van der Waals surface area contributed by atoms with Crippen molar-refractivity contribution in [3.05, 3.63) is 117 Å². The van der Waals surface area contributed by atoms with Gasteiger partial charge in [0.05, 0.1) is 0 Å². The van der Waals surface area contributed by atoms with Crippen molar-refractivity contribution in [3.63, 3.8) is 0 Å². The lowest BCUT2D eigenvalue weighted by atomic mass is 9.96. The fourth-order valence-corrected chi connectivity index (χ4v) is 4.95. The summed E-state index contributed by atoms with van der Waals surface area (Å²) in [5.74, 6) is -3.34. The van der Waals surface area contributed by atoms with E-state index in [-0.39, 0.29) is 24.8 Å². The Kier molecular flexibility index (Phi) is 9.35. The minimum atomic E-state index is -0.933. The Morgan fingerprint density at radius 2 is 1.26 bits per heavy atom. The van der Waals surface area contributed by atoms with E-state index in [1.54, 1.807) is 24.3 Å². The maximum absolute atomic E-state index is 15.2. The van der Waals surface area contributed by atoms with E-state index in [1.165, 1.54) is 18.2 Å². The summed E-state index contributed by atoms with van der Waals surface area (Å²) in [6.45, 7) is 2.12. The number of halogens is 5. The third-order valence-electron chi connectivity index (χ3n) is 7.18. The zero-order chi connectivity index (χ0) is 27.9. The molecule has 0 unspecified atom stereocenters. The van der Waals surface area contributed by atoms with Gasteiger partial charge in [-0.15, -0.1) is 0 Å². The third kappa shape index (κ3) is 6.84. The van der Waals surface area contributed by atoms with Gasteiger partial charge < -0.3 is 0 Å². The van der Waals surface area contributed by atoms with E-state index in [4.69, 9.17) is 5.26 Å². The molecule has 0 N–H and O–H groups in total. The van der Waals surface area contributed by atoms with E-state index in [0.717, 1.165) is 43.4 Å². The average Bonchev–Trinajstić information content (AvgIpc) is 2.90. The number of fused-ring (bicyclic) bond motifs is 1. The Morgan fingerprint density at radius 3 is 1.92 bits per heavy atom. The minimum absolute atomic E-state index is 0.0598. The van der Waals surface area contributed by atoms with E-state index in [0.29, 0.717) is 40.3 Å². The van der Waals surface area contributed by atoms with Crippen LogP contribution in [0.3, 0.4) is 0 Å². The van der Waals surface area contributed by atoms with Crippen LogP contribution in [-0.2, 0) is 32.1 Å². The number of benzene rings is 4. The number of hydrogen-bond donors (Lipinski definition) is 0. The molecule has 0 aliphatic rings. The summed E-state index contributed by atoms with van der Waals surface area (Å²) in [4.78, 5) is 0. The van der Waals surface area contributed by atoms with Gasteiger partial charge >= 0.3 is 0 Å². The summed E-state index contributed by atoms with van der Waals surface area (Å²) < 4.78 is 72.3. The number of unbranched alkanes of at least 4 members (excludes halogenated alkanes) is 3. The van der Waals surface area contributed by atoms with Gasteiger partial charge in [-0.05, 0) is 90.4 Å². The zero-order valence-electron chi connectivity index (χ0n) is 21.9. The molecule has 0 aromatic heterocycles. The van der Waals surface area contributed by atoms with Crippen LogP contribution in [0.1, 0.15) is 66.0 Å². The molecule has 0 bridgehead atoms. The molecule has 0 aliphatic carbocycles. The summed E-state index contributed by atoms with van der Waals surface area (Å²) in [6, 6.07) is 15.2. The highest BCUT2D eigenvalue weighted by Crippen LogP contribution is 2.26. The maximum atomic E-state index is 15.2. The number of nitrogens with zero attached hydrogens (tertiary/aromatic N) is 1. The Bertz CT molecular complexity index is 1470. The summed E-state index contributed by atoms with van der Waals surface area (Å²) >= 11 is 0. The Balaban J connectivity index is 1.43. The van der Waals surface area contributed by atoms with Gasteiger partial charge in [-0.2, -0.15) is 5.26 Å². The SMILES string of the molecule is CCCCCCc1cc(F)c(CCc2ccc3c(F)c(CCc4cc(F)c(C#N)c(F)c4)ccc3c2)c(F)c1. The van der Waals surface area contributed by atoms with Crippen LogP contribution in [0.15, 0.2) is 54.6 Å². The lowest BCUT2D eigenvalue weighted by Gasteiger charge is -2.11. The summed E-state index contributed by atoms with van der Waals surface area (Å²) in [6.07, 6.45) is 5.85. The molecule has 0 spiro atoms. The first-order valence-electron chi connectivity index (χ1n) is 13.4. The molecule has 4 aromatic carbocycles. The molecule has 0 radical (unpaired) electrons. The normalized spacial score (nSPS) is 11.2. The van der Waals surface area contributed by atoms with Gasteiger partial charge in [0.2, 0.25) is 0 Å². The first kappa shape index (κ1) is 28.3. The highest BCUT2D eigenvalue weighted by Gasteiger charge is 2.14. The zero-order valence-corrected chi connectivity index (χ0v) is 21.9. The van der Waals surface area contributed by atoms with Gasteiger partial charge in [0.15, 0.2) is 0 Å². The molecule has 0 saturated heterocycles. The van der Waals surface area contributed by atoms with Crippen LogP contribution in [-0.4, -0.2) is 0 Å². The van der Waals surface area contributed by atoms with Gasteiger partial charge in [0.25, 0.3) is 0 Å². The first-order chi connectivity index (χ1) is 18.8. The van der Waals surface area contributed by atoms with Crippen molar-refractivity contribution < 1.29 is 22.0 Å². The van der Waals surface area contributed by atoms with Crippen LogP contribution in [0.4, 0.5) is 22.0 Å². The fourth-order valence-electron chi connectivity index (χ4n) is 4.95. The summed E-state index contributed by atoms with van der Waals surface area (Å²) in [5, 5.41) is 9.87. The third-order valence-corrected chi connectivity index (χ3v) is 7.18. The Morgan fingerprint density at radius 1 is 0.615 bits per heavy atom. The van der Waals surface area contributed by atoms with Gasteiger partial charge in [-0.3, -0.25) is 0 Å². The van der Waals surface area contributed by atoms with E-state index in [2.05, 4.69) is 6.92 Å². The van der Waals surface area contributed by atoms with Crippen molar-refractivity contribution in [1.82, 2.24) is 0 Å². The lowest BCUT2D eigenvalue weighted by Crippen LogP contribution is -2.02. The number of hydrogen-bond acceptors (Lipinski definition) is 1. The van der Waals surface area contributed by atoms with E-state index in [9.17, 15) is 17.6 Å². The molecular weight excluding hydrogens is 505 g/mol.